The van der Waals surface area contributed by atoms with Gasteiger partial charge < -0.3 is 29.2 Å². The second-order valence-corrected chi connectivity index (χ2v) is 7.02. The Kier molecular flexibility index (Phi) is 4.29. The number of pyridine rings is 1. The smallest absolute Gasteiger partial charge is 0.256 e. The molecule has 0 saturated carbocycles. The number of carbonyl (C=O) groups is 1. The number of fused-ring (bicyclic) bond motifs is 1. The molecule has 4 heterocycles. The number of ether oxygens (including phenoxy) is 4. The van der Waals surface area contributed by atoms with Gasteiger partial charge in [0, 0.05) is 31.5 Å². The second kappa shape index (κ2) is 6.96. The van der Waals surface area contributed by atoms with E-state index in [-0.39, 0.29) is 18.5 Å². The molecule has 146 valence electrons. The van der Waals surface area contributed by atoms with Crippen LogP contribution < -0.4 is 19.7 Å². The van der Waals surface area contributed by atoms with Gasteiger partial charge in [-0.15, -0.1) is 0 Å². The predicted molar refractivity (Wildman–Crippen MR) is 101 cm³/mol. The van der Waals surface area contributed by atoms with Gasteiger partial charge in [-0.2, -0.15) is 0 Å². The molecule has 0 bridgehead atoms. The van der Waals surface area contributed by atoms with Gasteiger partial charge >= 0.3 is 0 Å². The van der Waals surface area contributed by atoms with Gasteiger partial charge in [-0.25, -0.2) is 4.98 Å². The number of amides is 1. The molecule has 2 fully saturated rings. The molecule has 1 amide bonds. The summed E-state index contributed by atoms with van der Waals surface area (Å²) < 4.78 is 22.1. The molecule has 0 atom stereocenters. The zero-order valence-corrected chi connectivity index (χ0v) is 15.3. The van der Waals surface area contributed by atoms with E-state index in [9.17, 15) is 4.79 Å². The fourth-order valence-electron chi connectivity index (χ4n) is 3.76. The van der Waals surface area contributed by atoms with E-state index in [0.29, 0.717) is 36.1 Å². The Hall–Kier alpha value is -2.84. The number of carbonyl (C=O) groups excluding carboxylic acids is 1. The number of anilines is 2. The molecule has 1 N–H and O–H groups in total. The van der Waals surface area contributed by atoms with Gasteiger partial charge in [-0.05, 0) is 30.3 Å². The van der Waals surface area contributed by atoms with E-state index < -0.39 is 0 Å². The minimum atomic E-state index is -0.386. The molecule has 0 aliphatic carbocycles. The molecule has 8 nitrogen and oxygen atoms in total. The molecular weight excluding hydrogens is 362 g/mol. The van der Waals surface area contributed by atoms with Crippen LogP contribution in [0.15, 0.2) is 36.5 Å². The summed E-state index contributed by atoms with van der Waals surface area (Å²) in [6, 6.07) is 8.88. The van der Waals surface area contributed by atoms with Crippen molar-refractivity contribution in [2.75, 3.05) is 43.3 Å². The van der Waals surface area contributed by atoms with Crippen molar-refractivity contribution >= 4 is 17.4 Å². The summed E-state index contributed by atoms with van der Waals surface area (Å²) in [4.78, 5) is 19.1. The molecule has 5 rings (SSSR count). The molecule has 2 aromatic rings. The van der Waals surface area contributed by atoms with Crippen molar-refractivity contribution in [3.05, 3.63) is 42.1 Å². The maximum absolute atomic E-state index is 12.5. The lowest BCUT2D eigenvalue weighted by Crippen LogP contribution is -2.45. The maximum Gasteiger partial charge on any atom is 0.256 e. The molecule has 3 aliphatic heterocycles. The van der Waals surface area contributed by atoms with E-state index in [0.717, 1.165) is 31.6 Å². The molecule has 0 unspecified atom stereocenters. The molecule has 3 aliphatic rings. The fraction of sp³-hybridized carbons (Fsp3) is 0.400. The summed E-state index contributed by atoms with van der Waals surface area (Å²) in [7, 11) is 0. The topological polar surface area (TPSA) is 82.2 Å². The fourth-order valence-corrected chi connectivity index (χ4v) is 3.76. The Bertz CT molecular complexity index is 870. The number of hydrogen-bond acceptors (Lipinski definition) is 7. The highest BCUT2D eigenvalue weighted by Crippen LogP contribution is 2.34. The minimum absolute atomic E-state index is 0.180. The first-order valence-corrected chi connectivity index (χ1v) is 9.41. The van der Waals surface area contributed by atoms with Crippen LogP contribution in [0, 0.1) is 0 Å². The highest BCUT2D eigenvalue weighted by atomic mass is 16.7. The van der Waals surface area contributed by atoms with E-state index in [1.807, 2.05) is 12.1 Å². The minimum Gasteiger partial charge on any atom is -0.454 e. The summed E-state index contributed by atoms with van der Waals surface area (Å²) in [5.41, 5.74) is 1.52. The van der Waals surface area contributed by atoms with Crippen LogP contribution in [0.5, 0.6) is 11.5 Å². The van der Waals surface area contributed by atoms with E-state index in [1.165, 1.54) is 0 Å². The van der Waals surface area contributed by atoms with Crippen LogP contribution in [0.2, 0.25) is 0 Å². The zero-order chi connectivity index (χ0) is 19.0. The molecular formula is C20H21N3O5. The summed E-state index contributed by atoms with van der Waals surface area (Å²) in [6.07, 6.45) is 3.47. The first-order valence-electron chi connectivity index (χ1n) is 9.41. The molecule has 1 spiro atoms. The highest BCUT2D eigenvalue weighted by Gasteiger charge is 2.39. The van der Waals surface area contributed by atoms with Crippen molar-refractivity contribution in [1.82, 2.24) is 4.98 Å². The SMILES string of the molecule is O=C(Nc1ccc(N2CCC3(CC2)OCCO3)cn1)c1ccc2c(c1)OCO2. The molecule has 1 aromatic heterocycles. The van der Waals surface area contributed by atoms with E-state index in [2.05, 4.69) is 15.2 Å². The quantitative estimate of drug-likeness (QED) is 0.871. The average Bonchev–Trinajstić information content (AvgIpc) is 3.38. The first kappa shape index (κ1) is 17.3. The van der Waals surface area contributed by atoms with E-state index in [4.69, 9.17) is 18.9 Å². The normalized spacial score (nSPS) is 19.8. The lowest BCUT2D eigenvalue weighted by Gasteiger charge is -2.38. The second-order valence-electron chi connectivity index (χ2n) is 7.02. The van der Waals surface area contributed by atoms with Crippen molar-refractivity contribution in [3.63, 3.8) is 0 Å². The van der Waals surface area contributed by atoms with Crippen LogP contribution in [0.1, 0.15) is 23.2 Å². The van der Waals surface area contributed by atoms with Crippen molar-refractivity contribution < 1.29 is 23.7 Å². The summed E-state index contributed by atoms with van der Waals surface area (Å²) in [5.74, 6) is 1.10. The first-order chi connectivity index (χ1) is 13.7. The number of piperidine rings is 1. The van der Waals surface area contributed by atoms with Crippen LogP contribution >= 0.6 is 0 Å². The Balaban J connectivity index is 1.21. The monoisotopic (exact) mass is 383 g/mol. The number of benzene rings is 1. The van der Waals surface area contributed by atoms with E-state index in [1.54, 1.807) is 24.4 Å². The van der Waals surface area contributed by atoms with Crippen LogP contribution in [-0.2, 0) is 9.47 Å². The van der Waals surface area contributed by atoms with E-state index >= 15 is 0 Å². The van der Waals surface area contributed by atoms with Crippen molar-refractivity contribution in [3.8, 4) is 11.5 Å². The van der Waals surface area contributed by atoms with Gasteiger partial charge in [0.25, 0.3) is 5.91 Å². The lowest BCUT2D eigenvalue weighted by molar-refractivity contribution is -0.169. The Morgan fingerprint density at radius 3 is 2.57 bits per heavy atom. The van der Waals surface area contributed by atoms with Gasteiger partial charge in [0.1, 0.15) is 5.82 Å². The van der Waals surface area contributed by atoms with Crippen LogP contribution in [-0.4, -0.2) is 49.8 Å². The van der Waals surface area contributed by atoms with Crippen molar-refractivity contribution in [2.45, 2.75) is 18.6 Å². The van der Waals surface area contributed by atoms with Gasteiger partial charge in [0.15, 0.2) is 17.3 Å². The van der Waals surface area contributed by atoms with Crippen LogP contribution in [0.3, 0.4) is 0 Å². The summed E-state index contributed by atoms with van der Waals surface area (Å²) in [6.45, 7) is 3.24. The summed E-state index contributed by atoms with van der Waals surface area (Å²) >= 11 is 0. The number of aromatic nitrogens is 1. The van der Waals surface area contributed by atoms with Gasteiger partial charge in [-0.1, -0.05) is 0 Å². The molecule has 1 aromatic carbocycles. The molecule has 2 saturated heterocycles. The molecule has 8 heteroatoms. The number of nitrogens with zero attached hydrogens (tertiary/aromatic N) is 2. The average molecular weight is 383 g/mol. The highest BCUT2D eigenvalue weighted by molar-refractivity contribution is 6.04. The number of nitrogens with one attached hydrogen (secondary N) is 1. The Morgan fingerprint density at radius 1 is 1.04 bits per heavy atom. The zero-order valence-electron chi connectivity index (χ0n) is 15.3. The Labute approximate surface area is 162 Å². The third-order valence-electron chi connectivity index (χ3n) is 5.33. The number of rotatable bonds is 3. The third-order valence-corrected chi connectivity index (χ3v) is 5.33. The Morgan fingerprint density at radius 2 is 1.82 bits per heavy atom. The molecule has 28 heavy (non-hydrogen) atoms. The van der Waals surface area contributed by atoms with Crippen molar-refractivity contribution in [2.24, 2.45) is 0 Å². The van der Waals surface area contributed by atoms with Gasteiger partial charge in [0.2, 0.25) is 6.79 Å². The number of hydrogen-bond donors (Lipinski definition) is 1. The van der Waals surface area contributed by atoms with Crippen LogP contribution in [0.4, 0.5) is 11.5 Å². The lowest BCUT2D eigenvalue weighted by atomic mass is 10.0. The third kappa shape index (κ3) is 3.25. The van der Waals surface area contributed by atoms with Crippen molar-refractivity contribution in [1.29, 1.82) is 0 Å². The predicted octanol–water partition coefficient (Wildman–Crippen LogP) is 2.41. The standard InChI is InChI=1S/C20H21N3O5/c24-19(14-1-3-16-17(11-14)26-13-25-16)22-18-4-2-15(12-21-18)23-7-5-20(6-8-23)27-9-10-28-20/h1-4,11-12H,5-10,13H2,(H,21,22,24). The maximum atomic E-state index is 12.5. The van der Waals surface area contributed by atoms with Gasteiger partial charge in [-0.3, -0.25) is 4.79 Å². The van der Waals surface area contributed by atoms with Gasteiger partial charge in [0.05, 0.1) is 25.1 Å². The molecule has 0 radical (unpaired) electrons. The van der Waals surface area contributed by atoms with Crippen LogP contribution in [0.25, 0.3) is 0 Å². The summed E-state index contributed by atoms with van der Waals surface area (Å²) in [5, 5.41) is 2.81. The largest absolute Gasteiger partial charge is 0.454 e.